The number of sulfonamides is 1. The third-order valence-corrected chi connectivity index (χ3v) is 7.36. The predicted octanol–water partition coefficient (Wildman–Crippen LogP) is 4.26. The zero-order chi connectivity index (χ0) is 23.8. The Balaban J connectivity index is 1.70. The first kappa shape index (κ1) is 24.3. The molecule has 1 amide bonds. The van der Waals surface area contributed by atoms with Crippen molar-refractivity contribution in [2.24, 2.45) is 0 Å². The summed E-state index contributed by atoms with van der Waals surface area (Å²) >= 11 is 0. The molecule has 3 rings (SSSR count). The second-order valence-corrected chi connectivity index (χ2v) is 9.71. The molecule has 0 fully saturated rings. The number of carbonyl (C=O) groups is 1. The molecule has 3 aromatic carbocycles. The summed E-state index contributed by atoms with van der Waals surface area (Å²) in [5.41, 5.74) is 3.44. The summed E-state index contributed by atoms with van der Waals surface area (Å²) in [5, 5.41) is 2.86. The lowest BCUT2D eigenvalue weighted by molar-refractivity contribution is -0.119. The molecule has 0 spiro atoms. The van der Waals surface area contributed by atoms with E-state index in [2.05, 4.69) is 5.32 Å². The molecular weight excluding hydrogens is 436 g/mol. The van der Waals surface area contributed by atoms with E-state index in [1.165, 1.54) is 4.31 Å². The molecule has 0 radical (unpaired) electrons. The average Bonchev–Trinajstić information content (AvgIpc) is 2.83. The fraction of sp³-hybridized carbons (Fsp3) is 0.269. The second-order valence-electron chi connectivity index (χ2n) is 7.85. The molecule has 1 N–H and O–H groups in total. The van der Waals surface area contributed by atoms with E-state index in [0.29, 0.717) is 12.2 Å². The zero-order valence-corrected chi connectivity index (χ0v) is 20.1. The highest BCUT2D eigenvalue weighted by atomic mass is 32.2. The molecule has 33 heavy (non-hydrogen) atoms. The number of amides is 1. The fourth-order valence-electron chi connectivity index (χ4n) is 3.52. The van der Waals surface area contributed by atoms with Crippen molar-refractivity contribution in [3.05, 3.63) is 89.5 Å². The number of nitrogens with zero attached hydrogens (tertiary/aromatic N) is 1. The monoisotopic (exact) mass is 466 g/mol. The highest BCUT2D eigenvalue weighted by Gasteiger charge is 2.28. The summed E-state index contributed by atoms with van der Waals surface area (Å²) in [6.45, 7) is 3.96. The molecule has 0 aliphatic rings. The van der Waals surface area contributed by atoms with E-state index in [-0.39, 0.29) is 17.3 Å². The van der Waals surface area contributed by atoms with E-state index in [1.807, 2.05) is 44.2 Å². The summed E-state index contributed by atoms with van der Waals surface area (Å²) < 4.78 is 33.2. The number of benzene rings is 3. The fourth-order valence-corrected chi connectivity index (χ4v) is 5.02. The van der Waals surface area contributed by atoms with Crippen LogP contribution in [0, 0.1) is 13.8 Å². The third-order valence-electron chi connectivity index (χ3n) is 5.59. The Morgan fingerprint density at radius 2 is 1.64 bits per heavy atom. The van der Waals surface area contributed by atoms with Crippen molar-refractivity contribution >= 4 is 21.6 Å². The number of hydrogen-bond acceptors (Lipinski definition) is 4. The zero-order valence-electron chi connectivity index (χ0n) is 19.2. The number of aryl methyl sites for hydroxylation is 2. The molecule has 0 unspecified atom stereocenters. The number of hydrogen-bond donors (Lipinski definition) is 1. The van der Waals surface area contributed by atoms with Crippen molar-refractivity contribution in [2.75, 3.05) is 24.5 Å². The maximum absolute atomic E-state index is 13.4. The minimum atomic E-state index is -3.91. The van der Waals surface area contributed by atoms with Gasteiger partial charge in [0, 0.05) is 6.54 Å². The van der Waals surface area contributed by atoms with Gasteiger partial charge in [-0.1, -0.05) is 42.5 Å². The van der Waals surface area contributed by atoms with E-state index in [9.17, 15) is 13.2 Å². The number of anilines is 1. The molecule has 0 aromatic heterocycles. The van der Waals surface area contributed by atoms with Crippen LogP contribution in [0.1, 0.15) is 23.1 Å². The van der Waals surface area contributed by atoms with Crippen molar-refractivity contribution in [2.45, 2.75) is 31.6 Å². The van der Waals surface area contributed by atoms with E-state index in [1.54, 1.807) is 49.6 Å². The Kier molecular flexibility index (Phi) is 8.11. The quantitative estimate of drug-likeness (QED) is 0.453. The van der Waals surface area contributed by atoms with Crippen LogP contribution < -0.4 is 14.4 Å². The van der Waals surface area contributed by atoms with Gasteiger partial charge in [-0.05, 0) is 73.7 Å². The third kappa shape index (κ3) is 6.14. The number of nitrogens with one attached hydrogen (secondary N) is 1. The molecule has 0 aliphatic heterocycles. The predicted molar refractivity (Wildman–Crippen MR) is 131 cm³/mol. The van der Waals surface area contributed by atoms with Gasteiger partial charge in [0.05, 0.1) is 17.7 Å². The Bertz CT molecular complexity index is 1180. The summed E-state index contributed by atoms with van der Waals surface area (Å²) in [5.74, 6) is 0.461. The number of carbonyl (C=O) groups excluding carboxylic acids is 1. The van der Waals surface area contributed by atoms with E-state index >= 15 is 0 Å². The molecule has 6 nitrogen and oxygen atoms in total. The number of methoxy groups -OCH3 is 1. The van der Waals surface area contributed by atoms with Gasteiger partial charge in [0.25, 0.3) is 10.0 Å². The van der Waals surface area contributed by atoms with Crippen molar-refractivity contribution in [1.29, 1.82) is 0 Å². The Morgan fingerprint density at radius 3 is 2.30 bits per heavy atom. The highest BCUT2D eigenvalue weighted by Crippen LogP contribution is 2.28. The van der Waals surface area contributed by atoms with Crippen LogP contribution >= 0.6 is 0 Å². The molecule has 174 valence electrons. The normalized spacial score (nSPS) is 11.1. The standard InChI is InChI=1S/C26H30N2O4S/c1-20-9-7-13-25(21(20)2)28(33(30,31)24-11-5-4-6-12-24)19-26(29)27-18-8-10-22-14-16-23(32-3)17-15-22/h4-7,9,11-17H,8,10,18-19H2,1-3H3,(H,27,29). The molecule has 7 heteroatoms. The van der Waals surface area contributed by atoms with Gasteiger partial charge in [0.1, 0.15) is 12.3 Å². The van der Waals surface area contributed by atoms with Gasteiger partial charge in [-0.15, -0.1) is 0 Å². The van der Waals surface area contributed by atoms with Gasteiger partial charge in [-0.25, -0.2) is 8.42 Å². The lowest BCUT2D eigenvalue weighted by Gasteiger charge is -2.26. The Morgan fingerprint density at radius 1 is 0.939 bits per heavy atom. The summed E-state index contributed by atoms with van der Waals surface area (Å²) in [4.78, 5) is 12.9. The first-order valence-corrected chi connectivity index (χ1v) is 12.3. The first-order chi connectivity index (χ1) is 15.8. The van der Waals surface area contributed by atoms with Gasteiger partial charge in [0.15, 0.2) is 0 Å². The van der Waals surface area contributed by atoms with Crippen molar-refractivity contribution in [3.8, 4) is 5.75 Å². The minimum absolute atomic E-state index is 0.151. The largest absolute Gasteiger partial charge is 0.497 e. The summed E-state index contributed by atoms with van der Waals surface area (Å²) in [6.07, 6.45) is 1.54. The number of ether oxygens (including phenoxy) is 1. The maximum Gasteiger partial charge on any atom is 0.264 e. The highest BCUT2D eigenvalue weighted by molar-refractivity contribution is 7.92. The van der Waals surface area contributed by atoms with E-state index in [4.69, 9.17) is 4.74 Å². The van der Waals surface area contributed by atoms with Crippen LogP contribution in [0.4, 0.5) is 5.69 Å². The summed E-state index contributed by atoms with van der Waals surface area (Å²) in [7, 11) is -2.28. The smallest absolute Gasteiger partial charge is 0.264 e. The molecule has 0 heterocycles. The van der Waals surface area contributed by atoms with Gasteiger partial charge in [-0.2, -0.15) is 0 Å². The van der Waals surface area contributed by atoms with E-state index < -0.39 is 10.0 Å². The van der Waals surface area contributed by atoms with Crippen molar-refractivity contribution < 1.29 is 17.9 Å². The maximum atomic E-state index is 13.4. The second kappa shape index (κ2) is 11.0. The van der Waals surface area contributed by atoms with Crippen LogP contribution in [0.2, 0.25) is 0 Å². The average molecular weight is 467 g/mol. The first-order valence-electron chi connectivity index (χ1n) is 10.9. The van der Waals surface area contributed by atoms with Crippen LogP contribution in [-0.2, 0) is 21.2 Å². The van der Waals surface area contributed by atoms with Crippen LogP contribution in [-0.4, -0.2) is 34.5 Å². The van der Waals surface area contributed by atoms with Crippen LogP contribution in [0.3, 0.4) is 0 Å². The van der Waals surface area contributed by atoms with Crippen LogP contribution in [0.15, 0.2) is 77.7 Å². The minimum Gasteiger partial charge on any atom is -0.497 e. The van der Waals surface area contributed by atoms with Crippen LogP contribution in [0.25, 0.3) is 0 Å². The molecule has 0 bridgehead atoms. The molecular formula is C26H30N2O4S. The molecule has 0 saturated heterocycles. The lowest BCUT2D eigenvalue weighted by atomic mass is 10.1. The van der Waals surface area contributed by atoms with Crippen molar-refractivity contribution in [3.63, 3.8) is 0 Å². The van der Waals surface area contributed by atoms with Crippen molar-refractivity contribution in [1.82, 2.24) is 5.32 Å². The van der Waals surface area contributed by atoms with Gasteiger partial charge in [0.2, 0.25) is 5.91 Å². The SMILES string of the molecule is COc1ccc(CCCNC(=O)CN(c2cccc(C)c2C)S(=O)(=O)c2ccccc2)cc1. The van der Waals surface area contributed by atoms with Gasteiger partial charge in [-0.3, -0.25) is 9.10 Å². The molecule has 3 aromatic rings. The molecule has 0 saturated carbocycles. The topological polar surface area (TPSA) is 75.7 Å². The van der Waals surface area contributed by atoms with Gasteiger partial charge >= 0.3 is 0 Å². The van der Waals surface area contributed by atoms with E-state index in [0.717, 1.165) is 35.3 Å². The Hall–Kier alpha value is -3.32. The molecule has 0 atom stereocenters. The molecule has 0 aliphatic carbocycles. The van der Waals surface area contributed by atoms with Gasteiger partial charge < -0.3 is 10.1 Å². The van der Waals surface area contributed by atoms with Crippen LogP contribution in [0.5, 0.6) is 5.75 Å². The summed E-state index contributed by atoms with van der Waals surface area (Å²) in [6, 6.07) is 21.5. The lowest BCUT2D eigenvalue weighted by Crippen LogP contribution is -2.41. The number of rotatable bonds is 10. The Labute approximate surface area is 196 Å².